The summed E-state index contributed by atoms with van der Waals surface area (Å²) in [6.07, 6.45) is -0.567. The average Bonchev–Trinajstić information content (AvgIpc) is 3.52. The Kier molecular flexibility index (Phi) is 7.73. The smallest absolute Gasteiger partial charge is 0.202 e. The fraction of sp³-hybridized carbons (Fsp3) is 0.500. The van der Waals surface area contributed by atoms with E-state index in [4.69, 9.17) is 14.2 Å². The predicted octanol–water partition coefficient (Wildman–Crippen LogP) is 2.19. The summed E-state index contributed by atoms with van der Waals surface area (Å²) < 4.78 is 17.6. The first kappa shape index (κ1) is 30.2. The summed E-state index contributed by atoms with van der Waals surface area (Å²) in [4.78, 5) is 46.8. The van der Waals surface area contributed by atoms with Gasteiger partial charge in [0.1, 0.15) is 29.0 Å². The van der Waals surface area contributed by atoms with Crippen molar-refractivity contribution >= 4 is 23.7 Å². The van der Waals surface area contributed by atoms with Crippen LogP contribution in [-0.2, 0) is 20.7 Å². The van der Waals surface area contributed by atoms with Crippen LogP contribution in [0.1, 0.15) is 88.6 Å². The Morgan fingerprint density at radius 1 is 1.11 bits per heavy atom. The van der Waals surface area contributed by atoms with Gasteiger partial charge < -0.3 is 39.5 Å². The number of aliphatic hydroxyl groups excluding tert-OH is 1. The average molecular weight is 609 g/mol. The third-order valence-electron chi connectivity index (χ3n) is 9.28. The van der Waals surface area contributed by atoms with E-state index in [1.54, 1.807) is 13.3 Å². The Hall–Kier alpha value is -3.84. The molecule has 2 aromatic rings. The minimum Gasteiger partial charge on any atom is -0.507 e. The summed E-state index contributed by atoms with van der Waals surface area (Å²) >= 11 is 0. The van der Waals surface area contributed by atoms with Crippen molar-refractivity contribution < 1.29 is 49.0 Å². The number of aliphatic hydroxyl groups is 2. The molecule has 234 valence electrons. The zero-order chi connectivity index (χ0) is 31.5. The molecule has 0 bridgehead atoms. The molecule has 5 unspecified atom stereocenters. The number of carbonyl (C=O) groups excluding carboxylic acids is 3. The lowest BCUT2D eigenvalue weighted by molar-refractivity contribution is -0.246. The molecule has 0 aromatic heterocycles. The standard InChI is InChI=1S/C32H36N2O10/c1-15-27(36)19(33-14-34-9-4-5-10-34)11-22(43-15)44-21-13-32(41,16(2)35)12-18-24(21)31(40)26-25(29(18)38)28(37)17-7-6-8-20(42-3)23(17)30(26)39/h6-8,14-15,19,21-22,27,36,38,40-41H,4-5,9-13H2,1-3H3/t15?,19?,21-,22?,27?,32?/m0/s1. The highest BCUT2D eigenvalue weighted by Crippen LogP contribution is 2.52. The quantitative estimate of drug-likeness (QED) is 0.183. The van der Waals surface area contributed by atoms with Gasteiger partial charge in [-0.15, -0.1) is 0 Å². The number of nitrogens with zero attached hydrogens (tertiary/aromatic N) is 2. The van der Waals surface area contributed by atoms with E-state index in [1.807, 2.05) is 0 Å². The van der Waals surface area contributed by atoms with Crippen molar-refractivity contribution in [3.05, 3.63) is 51.6 Å². The Balaban J connectivity index is 1.41. The van der Waals surface area contributed by atoms with Gasteiger partial charge >= 0.3 is 0 Å². The van der Waals surface area contributed by atoms with Gasteiger partial charge in [-0.1, -0.05) is 12.1 Å². The molecule has 6 rings (SSSR count). The van der Waals surface area contributed by atoms with Crippen molar-refractivity contribution in [2.24, 2.45) is 4.99 Å². The lowest BCUT2D eigenvalue weighted by Gasteiger charge is -2.42. The predicted molar refractivity (Wildman–Crippen MR) is 155 cm³/mol. The van der Waals surface area contributed by atoms with Crippen molar-refractivity contribution in [3.8, 4) is 17.2 Å². The topological polar surface area (TPSA) is 175 Å². The molecule has 12 nitrogen and oxygen atoms in total. The van der Waals surface area contributed by atoms with Crippen LogP contribution in [0.15, 0.2) is 23.2 Å². The number of likely N-dealkylation sites (tertiary alicyclic amines) is 1. The van der Waals surface area contributed by atoms with Gasteiger partial charge in [-0.3, -0.25) is 19.4 Å². The normalized spacial score (nSPS) is 29.8. The highest BCUT2D eigenvalue weighted by atomic mass is 16.7. The van der Waals surface area contributed by atoms with Crippen LogP contribution in [0.25, 0.3) is 0 Å². The lowest BCUT2D eigenvalue weighted by Crippen LogP contribution is -2.49. The molecule has 0 saturated carbocycles. The third kappa shape index (κ3) is 4.86. The number of carbonyl (C=O) groups is 3. The van der Waals surface area contributed by atoms with Gasteiger partial charge in [-0.2, -0.15) is 0 Å². The maximum absolute atomic E-state index is 13.8. The zero-order valence-corrected chi connectivity index (χ0v) is 24.8. The van der Waals surface area contributed by atoms with E-state index in [-0.39, 0.29) is 40.8 Å². The van der Waals surface area contributed by atoms with E-state index >= 15 is 0 Å². The van der Waals surface area contributed by atoms with Gasteiger partial charge in [0.2, 0.25) is 5.78 Å². The number of ketones is 3. The number of methoxy groups -OCH3 is 1. The second-order valence-corrected chi connectivity index (χ2v) is 12.0. The van der Waals surface area contributed by atoms with Crippen LogP contribution in [0, 0.1) is 0 Å². The third-order valence-corrected chi connectivity index (χ3v) is 9.28. The van der Waals surface area contributed by atoms with Gasteiger partial charge in [0, 0.05) is 49.0 Å². The van der Waals surface area contributed by atoms with Gasteiger partial charge in [0.15, 0.2) is 17.9 Å². The fourth-order valence-electron chi connectivity index (χ4n) is 6.78. The SMILES string of the molecule is COc1cccc2c1C(=O)c1c(O)c3c(c(O)c1C2=O)CC(O)(C(C)=O)C[C@@H]3OC1CC(N=CN2CCCC2)C(O)C(C)O1. The summed E-state index contributed by atoms with van der Waals surface area (Å²) in [5.41, 5.74) is -2.99. The second-order valence-electron chi connectivity index (χ2n) is 12.0. The number of ether oxygens (including phenoxy) is 3. The van der Waals surface area contributed by atoms with E-state index in [2.05, 4.69) is 9.89 Å². The number of phenolic OH excluding ortho intramolecular Hbond substituents is 2. The van der Waals surface area contributed by atoms with Crippen LogP contribution in [0.4, 0.5) is 0 Å². The molecule has 6 atom stereocenters. The number of Topliss-reactive ketones (excluding diaryl/α,β-unsaturated/α-hetero) is 1. The summed E-state index contributed by atoms with van der Waals surface area (Å²) in [5, 5.41) is 45.4. The maximum Gasteiger partial charge on any atom is 0.202 e. The largest absolute Gasteiger partial charge is 0.507 e. The number of aromatic hydroxyl groups is 2. The Morgan fingerprint density at radius 2 is 1.82 bits per heavy atom. The first-order valence-corrected chi connectivity index (χ1v) is 14.8. The monoisotopic (exact) mass is 608 g/mol. The molecule has 4 N–H and O–H groups in total. The van der Waals surface area contributed by atoms with Crippen molar-refractivity contribution in [3.63, 3.8) is 0 Å². The Bertz CT molecular complexity index is 1560. The van der Waals surface area contributed by atoms with Crippen LogP contribution in [0.3, 0.4) is 0 Å². The van der Waals surface area contributed by atoms with Gasteiger partial charge in [-0.05, 0) is 32.8 Å². The van der Waals surface area contributed by atoms with Crippen LogP contribution < -0.4 is 4.74 Å². The molecule has 2 aliphatic heterocycles. The van der Waals surface area contributed by atoms with E-state index in [1.165, 1.54) is 32.2 Å². The van der Waals surface area contributed by atoms with Crippen molar-refractivity contribution in [2.75, 3.05) is 20.2 Å². The zero-order valence-electron chi connectivity index (χ0n) is 24.8. The Labute approximate surface area is 253 Å². The van der Waals surface area contributed by atoms with Gasteiger partial charge in [-0.25, -0.2) is 0 Å². The number of rotatable bonds is 6. The van der Waals surface area contributed by atoms with E-state index < -0.39 is 82.6 Å². The highest BCUT2D eigenvalue weighted by molar-refractivity contribution is 6.31. The molecule has 0 spiro atoms. The first-order chi connectivity index (χ1) is 20.9. The molecule has 2 saturated heterocycles. The number of phenols is 2. The number of aliphatic imine (C=N–C) groups is 1. The summed E-state index contributed by atoms with van der Waals surface area (Å²) in [6.45, 7) is 4.64. The van der Waals surface area contributed by atoms with Crippen LogP contribution >= 0.6 is 0 Å². The number of hydrogen-bond donors (Lipinski definition) is 4. The number of benzene rings is 2. The molecular formula is C32H36N2O10. The molecule has 44 heavy (non-hydrogen) atoms. The van der Waals surface area contributed by atoms with Gasteiger partial charge in [0.25, 0.3) is 0 Å². The number of fused-ring (bicyclic) bond motifs is 3. The molecule has 0 radical (unpaired) electrons. The number of hydrogen-bond acceptors (Lipinski definition) is 11. The van der Waals surface area contributed by atoms with Crippen LogP contribution in [0.5, 0.6) is 17.2 Å². The molecule has 12 heteroatoms. The van der Waals surface area contributed by atoms with Crippen molar-refractivity contribution in [1.82, 2.24) is 4.90 Å². The van der Waals surface area contributed by atoms with E-state index in [0.717, 1.165) is 25.9 Å². The molecule has 0 amide bonds. The van der Waals surface area contributed by atoms with E-state index in [0.29, 0.717) is 0 Å². The fourth-order valence-corrected chi connectivity index (χ4v) is 6.78. The van der Waals surface area contributed by atoms with E-state index in [9.17, 15) is 34.8 Å². The lowest BCUT2D eigenvalue weighted by atomic mass is 9.72. The molecule has 2 fully saturated rings. The first-order valence-electron chi connectivity index (χ1n) is 14.8. The Morgan fingerprint density at radius 3 is 2.50 bits per heavy atom. The maximum atomic E-state index is 13.8. The second kappa shape index (κ2) is 11.3. The molecule has 2 aromatic carbocycles. The minimum atomic E-state index is -2.01. The molecule has 2 aliphatic carbocycles. The van der Waals surface area contributed by atoms with Crippen LogP contribution in [0.2, 0.25) is 0 Å². The van der Waals surface area contributed by atoms with Crippen molar-refractivity contribution in [1.29, 1.82) is 0 Å². The van der Waals surface area contributed by atoms with Gasteiger partial charge in [0.05, 0.1) is 48.4 Å². The van der Waals surface area contributed by atoms with Crippen molar-refractivity contribution in [2.45, 2.75) is 82.2 Å². The minimum absolute atomic E-state index is 0.00869. The van der Waals surface area contributed by atoms with Crippen LogP contribution in [-0.4, -0.2) is 99.4 Å². The highest BCUT2D eigenvalue weighted by Gasteiger charge is 2.49. The summed E-state index contributed by atoms with van der Waals surface area (Å²) in [7, 11) is 1.35. The summed E-state index contributed by atoms with van der Waals surface area (Å²) in [5.74, 6) is -3.12. The molecular weight excluding hydrogens is 572 g/mol. The summed E-state index contributed by atoms with van der Waals surface area (Å²) in [6, 6.07) is 3.90. The molecule has 4 aliphatic rings. The molecule has 2 heterocycles.